The van der Waals surface area contributed by atoms with Crippen LogP contribution >= 0.6 is 7.82 Å². The second-order valence-electron chi connectivity index (χ2n) is 13.4. The Kier molecular flexibility index (Phi) is 37.0. The Morgan fingerprint density at radius 1 is 0.582 bits per heavy atom. The van der Waals surface area contributed by atoms with Crippen molar-refractivity contribution in [1.29, 1.82) is 0 Å². The molecule has 1 unspecified atom stereocenters. The van der Waals surface area contributed by atoms with Crippen molar-refractivity contribution in [2.24, 2.45) is 0 Å². The van der Waals surface area contributed by atoms with E-state index in [1.54, 1.807) is 12.2 Å². The lowest BCUT2D eigenvalue weighted by molar-refractivity contribution is -0.161. The van der Waals surface area contributed by atoms with Crippen LogP contribution in [0.1, 0.15) is 149 Å². The Bertz CT molecular complexity index is 1220. The van der Waals surface area contributed by atoms with Crippen LogP contribution in [0.2, 0.25) is 0 Å². The molecule has 2 atom stereocenters. The number of hydrogen-bond acceptors (Lipinski definition) is 7. The van der Waals surface area contributed by atoms with Gasteiger partial charge in [0.25, 0.3) is 0 Å². The van der Waals surface area contributed by atoms with Crippen LogP contribution in [0, 0.1) is 0 Å². The molecule has 0 heterocycles. The molecule has 10 heteroatoms. The Hall–Kier alpha value is -3.07. The highest BCUT2D eigenvalue weighted by Gasteiger charge is 2.23. The van der Waals surface area contributed by atoms with Gasteiger partial charge in [0.15, 0.2) is 6.10 Å². The predicted octanol–water partition coefficient (Wildman–Crippen LogP) is 11.6. The van der Waals surface area contributed by atoms with Crippen LogP contribution in [0.15, 0.2) is 97.2 Å². The zero-order valence-corrected chi connectivity index (χ0v) is 34.8. The highest BCUT2D eigenvalue weighted by Crippen LogP contribution is 2.36. The molecule has 0 bridgehead atoms. The molecule has 0 rings (SSSR count). The summed E-state index contributed by atoms with van der Waals surface area (Å²) in [6.45, 7) is 3.36. The lowest BCUT2D eigenvalue weighted by Crippen LogP contribution is -2.29. The number of allylic oxidation sites excluding steroid dienone is 15. The first kappa shape index (κ1) is 51.9. The van der Waals surface area contributed by atoms with E-state index < -0.39 is 38.6 Å². The third-order valence-corrected chi connectivity index (χ3v) is 8.68. The molecular formula is C45H73O9P. The van der Waals surface area contributed by atoms with Gasteiger partial charge in [-0.15, -0.1) is 0 Å². The average Bonchev–Trinajstić information content (AvgIpc) is 3.15. The van der Waals surface area contributed by atoms with Gasteiger partial charge in [-0.05, 0) is 83.5 Å². The largest absolute Gasteiger partial charge is 0.469 e. The van der Waals surface area contributed by atoms with Crippen molar-refractivity contribution in [3.8, 4) is 0 Å². The fourth-order valence-electron chi connectivity index (χ4n) is 5.11. The van der Waals surface area contributed by atoms with E-state index in [2.05, 4.69) is 91.3 Å². The molecule has 312 valence electrons. The van der Waals surface area contributed by atoms with Crippen molar-refractivity contribution in [1.82, 2.24) is 0 Å². The average molecular weight is 789 g/mol. The number of ether oxygens (including phenoxy) is 2. The lowest BCUT2D eigenvalue weighted by atomic mass is 10.1. The zero-order chi connectivity index (χ0) is 40.5. The third kappa shape index (κ3) is 41.9. The van der Waals surface area contributed by atoms with Gasteiger partial charge < -0.3 is 24.4 Å². The van der Waals surface area contributed by atoms with E-state index in [1.807, 2.05) is 12.2 Å². The number of phosphoric acid groups is 1. The molecular weight excluding hydrogens is 715 g/mol. The maximum absolute atomic E-state index is 12.4. The molecule has 0 saturated carbocycles. The fourth-order valence-corrected chi connectivity index (χ4v) is 5.47. The van der Waals surface area contributed by atoms with Crippen LogP contribution in [-0.4, -0.2) is 52.3 Å². The monoisotopic (exact) mass is 788 g/mol. The topological polar surface area (TPSA) is 140 Å². The molecule has 0 aliphatic heterocycles. The van der Waals surface area contributed by atoms with Gasteiger partial charge in [0.1, 0.15) is 6.61 Å². The van der Waals surface area contributed by atoms with E-state index in [-0.39, 0.29) is 19.4 Å². The van der Waals surface area contributed by atoms with E-state index >= 15 is 0 Å². The fraction of sp³-hybridized carbons (Fsp3) is 0.600. The van der Waals surface area contributed by atoms with E-state index in [4.69, 9.17) is 19.3 Å². The molecule has 0 aliphatic carbocycles. The van der Waals surface area contributed by atoms with Crippen LogP contribution in [0.25, 0.3) is 0 Å². The zero-order valence-electron chi connectivity index (χ0n) is 33.9. The summed E-state index contributed by atoms with van der Waals surface area (Å²) in [6.07, 6.45) is 50.1. The summed E-state index contributed by atoms with van der Waals surface area (Å²) < 4.78 is 26.2. The number of aliphatic hydroxyl groups excluding tert-OH is 1. The minimum atomic E-state index is -4.82. The van der Waals surface area contributed by atoms with Gasteiger partial charge in [-0.3, -0.25) is 14.1 Å². The van der Waals surface area contributed by atoms with E-state index in [0.29, 0.717) is 19.3 Å². The molecule has 0 amide bonds. The van der Waals surface area contributed by atoms with E-state index in [9.17, 15) is 19.3 Å². The number of carbonyl (C=O) groups excluding carboxylic acids is 2. The van der Waals surface area contributed by atoms with Crippen LogP contribution in [0.5, 0.6) is 0 Å². The van der Waals surface area contributed by atoms with Crippen LogP contribution in [0.4, 0.5) is 0 Å². The number of phosphoric ester groups is 1. The van der Waals surface area contributed by atoms with Gasteiger partial charge in [0.2, 0.25) is 0 Å². The first-order valence-electron chi connectivity index (χ1n) is 20.6. The van der Waals surface area contributed by atoms with Crippen molar-refractivity contribution in [2.45, 2.75) is 161 Å². The van der Waals surface area contributed by atoms with Crippen molar-refractivity contribution in [3.05, 3.63) is 97.2 Å². The first-order valence-corrected chi connectivity index (χ1v) is 22.2. The first-order chi connectivity index (χ1) is 26.7. The lowest BCUT2D eigenvalue weighted by Gasteiger charge is -2.18. The summed E-state index contributed by atoms with van der Waals surface area (Å²) in [7, 11) is -4.82. The predicted molar refractivity (Wildman–Crippen MR) is 226 cm³/mol. The minimum absolute atomic E-state index is 0.0254. The van der Waals surface area contributed by atoms with E-state index in [0.717, 1.165) is 64.2 Å². The minimum Gasteiger partial charge on any atom is -0.462 e. The third-order valence-electron chi connectivity index (χ3n) is 8.19. The van der Waals surface area contributed by atoms with Crippen LogP contribution in [-0.2, 0) is 28.2 Å². The molecule has 0 fully saturated rings. The molecule has 0 aromatic carbocycles. The van der Waals surface area contributed by atoms with Gasteiger partial charge in [-0.25, -0.2) is 4.57 Å². The van der Waals surface area contributed by atoms with Crippen molar-refractivity contribution < 1.29 is 43.0 Å². The maximum atomic E-state index is 12.4. The highest BCUT2D eigenvalue weighted by atomic mass is 31.2. The second-order valence-corrected chi connectivity index (χ2v) is 14.7. The Balaban J connectivity index is 4.20. The number of rotatable bonds is 36. The number of aliphatic hydroxyl groups is 1. The molecule has 0 saturated heterocycles. The van der Waals surface area contributed by atoms with Crippen molar-refractivity contribution >= 4 is 19.8 Å². The standard InChI is InChI=1S/C45H73O9P/c1-3-5-7-9-11-13-15-17-18-19-20-21-22-24-26-28-30-32-34-38-44(47)52-40-43(41-53-55(49,50)51)54-45(48)39-35-37-42(46)36-33-31-29-27-25-23-16-14-12-10-8-6-4-2/h5,7,11,13,17-18,20-21,23-26,29,31,33,36,42-43,46H,3-4,6,8-10,12,14-16,19,22,27-28,30,32,34-35,37-41H2,1-2H3,(H2,49,50,51)/b7-5-,13-11-,18-17-,21-20-,25-23+,26-24-,31-29+,36-33+/t42?,43-/m1/s1. The van der Waals surface area contributed by atoms with E-state index in [1.165, 1.54) is 38.5 Å². The summed E-state index contributed by atoms with van der Waals surface area (Å²) in [5, 5.41) is 10.2. The molecule has 0 aromatic heterocycles. The summed E-state index contributed by atoms with van der Waals surface area (Å²) in [5.41, 5.74) is 0. The quantitative estimate of drug-likeness (QED) is 0.0186. The molecule has 55 heavy (non-hydrogen) atoms. The molecule has 0 spiro atoms. The summed E-state index contributed by atoms with van der Waals surface area (Å²) in [6, 6.07) is 0. The molecule has 9 nitrogen and oxygen atoms in total. The number of esters is 2. The number of unbranched alkanes of at least 4 members (excludes halogenated alkanes) is 9. The summed E-state index contributed by atoms with van der Waals surface area (Å²) in [4.78, 5) is 42.8. The van der Waals surface area contributed by atoms with Crippen molar-refractivity contribution in [3.63, 3.8) is 0 Å². The second kappa shape index (κ2) is 39.2. The number of hydrogen-bond donors (Lipinski definition) is 3. The van der Waals surface area contributed by atoms with Gasteiger partial charge in [-0.1, -0.05) is 150 Å². The van der Waals surface area contributed by atoms with Gasteiger partial charge in [0, 0.05) is 12.8 Å². The van der Waals surface area contributed by atoms with Crippen LogP contribution < -0.4 is 0 Å². The normalized spacial score (nSPS) is 14.1. The maximum Gasteiger partial charge on any atom is 0.469 e. The smallest absolute Gasteiger partial charge is 0.462 e. The van der Waals surface area contributed by atoms with Crippen LogP contribution in [0.3, 0.4) is 0 Å². The Labute approximate surface area is 333 Å². The van der Waals surface area contributed by atoms with Gasteiger partial charge in [-0.2, -0.15) is 0 Å². The highest BCUT2D eigenvalue weighted by molar-refractivity contribution is 7.46. The SMILES string of the molecule is CC/C=C\C/C=C\C/C=C\C/C=C\C/C=C\CCCCCC(=O)OC[C@H](COP(=O)(O)O)OC(=O)CCCC(O)/C=C/C=C/C/C=C/CCCCCCCC. The van der Waals surface area contributed by atoms with Gasteiger partial charge >= 0.3 is 19.8 Å². The Morgan fingerprint density at radius 3 is 1.67 bits per heavy atom. The molecule has 0 aliphatic rings. The molecule has 3 N–H and O–H groups in total. The summed E-state index contributed by atoms with van der Waals surface area (Å²) >= 11 is 0. The number of carbonyl (C=O) groups is 2. The van der Waals surface area contributed by atoms with Gasteiger partial charge in [0.05, 0.1) is 12.7 Å². The summed E-state index contributed by atoms with van der Waals surface area (Å²) in [5.74, 6) is -1.13. The molecule has 0 radical (unpaired) electrons. The Morgan fingerprint density at radius 2 is 1.09 bits per heavy atom. The van der Waals surface area contributed by atoms with Crippen molar-refractivity contribution in [2.75, 3.05) is 13.2 Å². The molecule has 0 aromatic rings.